The molecule has 0 aromatic carbocycles. The number of aliphatic carboxylic acids is 1. The number of carboxylic acid groups (broad SMARTS) is 1. The van der Waals surface area contributed by atoms with Crippen LogP contribution in [0.15, 0.2) is 0 Å². The summed E-state index contributed by atoms with van der Waals surface area (Å²) in [6.07, 6.45) is 1.92. The molecule has 0 aromatic rings. The second kappa shape index (κ2) is 3.51. The topological polar surface area (TPSA) is 74.7 Å². The highest BCUT2D eigenvalue weighted by Crippen LogP contribution is 2.31. The Morgan fingerprint density at radius 2 is 1.79 bits per heavy atom. The molecule has 0 aromatic heterocycles. The summed E-state index contributed by atoms with van der Waals surface area (Å²) in [7, 11) is -3.16. The van der Waals surface area contributed by atoms with Gasteiger partial charge in [-0.2, -0.15) is 0 Å². The number of sulfonamides is 1. The van der Waals surface area contributed by atoms with E-state index in [1.807, 2.05) is 0 Å². The van der Waals surface area contributed by atoms with E-state index < -0.39 is 21.4 Å². The van der Waals surface area contributed by atoms with Gasteiger partial charge in [0.15, 0.2) is 0 Å². The number of hydrogen-bond acceptors (Lipinski definition) is 3. The first-order chi connectivity index (χ1) is 6.26. The fourth-order valence-corrected chi connectivity index (χ4v) is 2.37. The SMILES string of the molecule is CC1(C(=O)O)CCN(S(C)(=O)=O)CC1. The summed E-state index contributed by atoms with van der Waals surface area (Å²) in [4.78, 5) is 10.9. The van der Waals surface area contributed by atoms with E-state index >= 15 is 0 Å². The Labute approximate surface area is 83.8 Å². The van der Waals surface area contributed by atoms with Gasteiger partial charge in [0.2, 0.25) is 10.0 Å². The first-order valence-corrected chi connectivity index (χ1v) is 6.29. The average Bonchev–Trinajstić information content (AvgIpc) is 2.03. The van der Waals surface area contributed by atoms with Crippen molar-refractivity contribution in [2.75, 3.05) is 19.3 Å². The van der Waals surface area contributed by atoms with E-state index in [1.165, 1.54) is 4.31 Å². The Bertz CT molecular complexity index is 327. The molecule has 1 aliphatic rings. The van der Waals surface area contributed by atoms with Gasteiger partial charge in [-0.15, -0.1) is 0 Å². The predicted molar refractivity (Wildman–Crippen MR) is 51.4 cm³/mol. The third-order valence-corrected chi connectivity index (χ3v) is 4.11. The van der Waals surface area contributed by atoms with Gasteiger partial charge >= 0.3 is 5.97 Å². The van der Waals surface area contributed by atoms with Crippen LogP contribution in [0.1, 0.15) is 19.8 Å². The van der Waals surface area contributed by atoms with Crippen LogP contribution in [0.5, 0.6) is 0 Å². The first-order valence-electron chi connectivity index (χ1n) is 4.44. The zero-order valence-corrected chi connectivity index (χ0v) is 9.17. The van der Waals surface area contributed by atoms with E-state index in [0.717, 1.165) is 6.26 Å². The molecule has 5 nitrogen and oxygen atoms in total. The molecule has 1 fully saturated rings. The number of carboxylic acids is 1. The maximum atomic E-state index is 11.1. The molecular formula is C8H15NO4S. The van der Waals surface area contributed by atoms with Crippen molar-refractivity contribution in [1.29, 1.82) is 0 Å². The summed E-state index contributed by atoms with van der Waals surface area (Å²) in [6, 6.07) is 0. The summed E-state index contributed by atoms with van der Waals surface area (Å²) in [6.45, 7) is 2.28. The highest BCUT2D eigenvalue weighted by atomic mass is 32.2. The third-order valence-electron chi connectivity index (χ3n) is 2.81. The minimum atomic E-state index is -3.16. The standard InChI is InChI=1S/C8H15NO4S/c1-8(7(10)11)3-5-9(6-4-8)14(2,12)13/h3-6H2,1-2H3,(H,10,11). The van der Waals surface area contributed by atoms with Crippen molar-refractivity contribution in [2.45, 2.75) is 19.8 Å². The molecule has 14 heavy (non-hydrogen) atoms. The lowest BCUT2D eigenvalue weighted by atomic mass is 9.81. The van der Waals surface area contributed by atoms with Crippen molar-refractivity contribution >= 4 is 16.0 Å². The Kier molecular flexibility index (Phi) is 2.87. The molecule has 0 amide bonds. The first kappa shape index (κ1) is 11.5. The molecule has 0 spiro atoms. The van der Waals surface area contributed by atoms with E-state index in [0.29, 0.717) is 25.9 Å². The molecule has 6 heteroatoms. The number of nitrogens with zero attached hydrogens (tertiary/aromatic N) is 1. The Morgan fingerprint density at radius 3 is 2.07 bits per heavy atom. The fraction of sp³-hybridized carbons (Fsp3) is 0.875. The van der Waals surface area contributed by atoms with Gasteiger partial charge in [0, 0.05) is 13.1 Å². The normalized spacial score (nSPS) is 23.3. The van der Waals surface area contributed by atoms with Gasteiger partial charge in [0.1, 0.15) is 0 Å². The zero-order chi connectivity index (χ0) is 11.0. The largest absolute Gasteiger partial charge is 0.481 e. The summed E-state index contributed by atoms with van der Waals surface area (Å²) < 4.78 is 23.6. The van der Waals surface area contributed by atoms with Crippen LogP contribution in [-0.2, 0) is 14.8 Å². The van der Waals surface area contributed by atoms with Crippen LogP contribution >= 0.6 is 0 Å². The molecule has 0 bridgehead atoms. The Hall–Kier alpha value is -0.620. The van der Waals surface area contributed by atoms with Crippen molar-refractivity contribution < 1.29 is 18.3 Å². The van der Waals surface area contributed by atoms with Gasteiger partial charge in [-0.05, 0) is 19.8 Å². The Morgan fingerprint density at radius 1 is 1.36 bits per heavy atom. The molecule has 1 rings (SSSR count). The number of piperidine rings is 1. The molecule has 1 heterocycles. The highest BCUT2D eigenvalue weighted by molar-refractivity contribution is 7.88. The number of carbonyl (C=O) groups is 1. The van der Waals surface area contributed by atoms with Crippen molar-refractivity contribution in [3.05, 3.63) is 0 Å². The third kappa shape index (κ3) is 2.24. The minimum Gasteiger partial charge on any atom is -0.481 e. The predicted octanol–water partition coefficient (Wildman–Crippen LogP) is 0.133. The maximum absolute atomic E-state index is 11.1. The smallest absolute Gasteiger partial charge is 0.309 e. The quantitative estimate of drug-likeness (QED) is 0.719. The fourth-order valence-electron chi connectivity index (χ4n) is 1.53. The van der Waals surface area contributed by atoms with Gasteiger partial charge in [-0.1, -0.05) is 0 Å². The van der Waals surface area contributed by atoms with Crippen LogP contribution in [0.25, 0.3) is 0 Å². The molecule has 1 aliphatic heterocycles. The lowest BCUT2D eigenvalue weighted by Crippen LogP contribution is -2.44. The van der Waals surface area contributed by atoms with Crippen molar-refractivity contribution in [1.82, 2.24) is 4.31 Å². The van der Waals surface area contributed by atoms with Crippen LogP contribution in [0, 0.1) is 5.41 Å². The Balaban J connectivity index is 2.68. The lowest BCUT2D eigenvalue weighted by molar-refractivity contribution is -0.150. The van der Waals surface area contributed by atoms with Crippen LogP contribution in [-0.4, -0.2) is 43.1 Å². The van der Waals surface area contributed by atoms with Crippen LogP contribution in [0.3, 0.4) is 0 Å². The van der Waals surface area contributed by atoms with Gasteiger partial charge in [-0.25, -0.2) is 12.7 Å². The molecule has 0 saturated carbocycles. The monoisotopic (exact) mass is 221 g/mol. The van der Waals surface area contributed by atoms with Gasteiger partial charge in [0.05, 0.1) is 11.7 Å². The van der Waals surface area contributed by atoms with Crippen LogP contribution < -0.4 is 0 Å². The molecule has 0 radical (unpaired) electrons. The maximum Gasteiger partial charge on any atom is 0.309 e. The van der Waals surface area contributed by atoms with E-state index in [9.17, 15) is 13.2 Å². The van der Waals surface area contributed by atoms with E-state index in [2.05, 4.69) is 0 Å². The number of rotatable bonds is 2. The average molecular weight is 221 g/mol. The molecule has 0 aliphatic carbocycles. The summed E-state index contributed by atoms with van der Waals surface area (Å²) in [5.74, 6) is -0.842. The molecule has 1 saturated heterocycles. The second-order valence-electron chi connectivity index (χ2n) is 4.03. The van der Waals surface area contributed by atoms with Crippen molar-refractivity contribution in [3.63, 3.8) is 0 Å². The van der Waals surface area contributed by atoms with Gasteiger partial charge in [-0.3, -0.25) is 4.79 Å². The molecular weight excluding hydrogens is 206 g/mol. The summed E-state index contributed by atoms with van der Waals surface area (Å²) in [5.41, 5.74) is -0.763. The van der Waals surface area contributed by atoms with Gasteiger partial charge < -0.3 is 5.11 Å². The highest BCUT2D eigenvalue weighted by Gasteiger charge is 2.38. The van der Waals surface area contributed by atoms with E-state index in [4.69, 9.17) is 5.11 Å². The summed E-state index contributed by atoms with van der Waals surface area (Å²) in [5, 5.41) is 8.92. The van der Waals surface area contributed by atoms with E-state index in [1.54, 1.807) is 6.92 Å². The van der Waals surface area contributed by atoms with E-state index in [-0.39, 0.29) is 0 Å². The van der Waals surface area contributed by atoms with Crippen molar-refractivity contribution in [3.8, 4) is 0 Å². The van der Waals surface area contributed by atoms with Crippen LogP contribution in [0.4, 0.5) is 0 Å². The molecule has 0 unspecified atom stereocenters. The van der Waals surface area contributed by atoms with Crippen molar-refractivity contribution in [2.24, 2.45) is 5.41 Å². The minimum absolute atomic E-state index is 0.307. The molecule has 0 atom stereocenters. The molecule has 1 N–H and O–H groups in total. The second-order valence-corrected chi connectivity index (χ2v) is 6.01. The summed E-state index contributed by atoms with van der Waals surface area (Å²) >= 11 is 0. The number of hydrogen-bond donors (Lipinski definition) is 1. The zero-order valence-electron chi connectivity index (χ0n) is 8.36. The molecule has 82 valence electrons. The van der Waals surface area contributed by atoms with Crippen LogP contribution in [0.2, 0.25) is 0 Å². The lowest BCUT2D eigenvalue weighted by Gasteiger charge is -2.34. The van der Waals surface area contributed by atoms with Gasteiger partial charge in [0.25, 0.3) is 0 Å².